The molecule has 0 spiro atoms. The van der Waals surface area contributed by atoms with Crippen molar-refractivity contribution in [2.45, 2.75) is 45.9 Å². The summed E-state index contributed by atoms with van der Waals surface area (Å²) in [6.45, 7) is 9.15. The van der Waals surface area contributed by atoms with Crippen LogP contribution in [0.15, 0.2) is 48.9 Å². The van der Waals surface area contributed by atoms with Gasteiger partial charge in [0.05, 0.1) is 18.0 Å². The monoisotopic (exact) mass is 464 g/mol. The van der Waals surface area contributed by atoms with Gasteiger partial charge in [-0.3, -0.25) is 4.90 Å². The Balaban J connectivity index is 1.54. The molecule has 180 valence electrons. The summed E-state index contributed by atoms with van der Waals surface area (Å²) in [6, 6.07) is 12.0. The Bertz CT molecular complexity index is 1250. The van der Waals surface area contributed by atoms with Gasteiger partial charge in [0.2, 0.25) is 5.88 Å². The molecule has 2 aromatic heterocycles. The number of hydrogen-bond acceptors (Lipinski definition) is 7. The lowest BCUT2D eigenvalue weighted by atomic mass is 10.2. The average Bonchev–Trinajstić information content (AvgIpc) is 3.28. The lowest BCUT2D eigenvalue weighted by Gasteiger charge is -2.32. The number of fused-ring (bicyclic) bond motifs is 2. The van der Waals surface area contributed by atoms with Gasteiger partial charge in [0, 0.05) is 41.8 Å². The number of aromatic nitrogens is 3. The first kappa shape index (κ1) is 23.8. The fourth-order valence-corrected chi connectivity index (χ4v) is 4.10. The zero-order valence-corrected chi connectivity index (χ0v) is 20.3. The molecule has 0 saturated carbocycles. The van der Waals surface area contributed by atoms with Gasteiger partial charge in [-0.25, -0.2) is 9.97 Å². The van der Waals surface area contributed by atoms with Crippen LogP contribution in [0, 0.1) is 0 Å². The van der Waals surface area contributed by atoms with Crippen molar-refractivity contribution in [3.63, 3.8) is 0 Å². The topological polar surface area (TPSA) is 92.7 Å². The first-order chi connectivity index (χ1) is 16.4. The largest absolute Gasteiger partial charge is 0.493 e. The molecule has 34 heavy (non-hydrogen) atoms. The van der Waals surface area contributed by atoms with Gasteiger partial charge in [-0.1, -0.05) is 0 Å². The van der Waals surface area contributed by atoms with E-state index in [0.717, 1.165) is 10.9 Å². The minimum absolute atomic E-state index is 0.142. The maximum Gasteiger partial charge on any atom is 0.230 e. The quantitative estimate of drug-likeness (QED) is 0.349. The van der Waals surface area contributed by atoms with Crippen LogP contribution in [0.4, 0.5) is 0 Å². The second-order valence-electron chi connectivity index (χ2n) is 8.88. The van der Waals surface area contributed by atoms with Crippen molar-refractivity contribution in [3.8, 4) is 23.1 Å². The van der Waals surface area contributed by atoms with Crippen LogP contribution in [0.5, 0.6) is 23.1 Å². The zero-order chi connectivity index (χ0) is 24.2. The molecule has 0 aliphatic rings. The van der Waals surface area contributed by atoms with E-state index < -0.39 is 6.10 Å². The second-order valence-corrected chi connectivity index (χ2v) is 8.88. The third-order valence-corrected chi connectivity index (χ3v) is 5.80. The molecule has 0 aliphatic carbocycles. The van der Waals surface area contributed by atoms with Crippen LogP contribution < -0.4 is 14.2 Å². The molecule has 0 unspecified atom stereocenters. The van der Waals surface area contributed by atoms with Crippen molar-refractivity contribution in [1.29, 1.82) is 0 Å². The molecule has 4 rings (SSSR count). The molecular formula is C26H32N4O4. The summed E-state index contributed by atoms with van der Waals surface area (Å²) in [4.78, 5) is 14.1. The summed E-state index contributed by atoms with van der Waals surface area (Å²) in [5, 5.41) is 12.3. The molecule has 1 atom stereocenters. The zero-order valence-electron chi connectivity index (χ0n) is 20.3. The van der Waals surface area contributed by atoms with E-state index in [1.54, 1.807) is 19.2 Å². The van der Waals surface area contributed by atoms with Crippen molar-refractivity contribution in [2.75, 3.05) is 20.3 Å². The highest BCUT2D eigenvalue weighted by atomic mass is 16.5. The van der Waals surface area contributed by atoms with Crippen molar-refractivity contribution < 1.29 is 19.3 Å². The lowest BCUT2D eigenvalue weighted by Crippen LogP contribution is -2.43. The number of hydrogen-bond donors (Lipinski definition) is 2. The average molecular weight is 465 g/mol. The second kappa shape index (κ2) is 10.3. The molecule has 0 bridgehead atoms. The van der Waals surface area contributed by atoms with Gasteiger partial charge in [0.15, 0.2) is 11.5 Å². The Morgan fingerprint density at radius 2 is 1.79 bits per heavy atom. The number of benzene rings is 2. The molecule has 4 aromatic rings. The van der Waals surface area contributed by atoms with Crippen molar-refractivity contribution in [1.82, 2.24) is 19.9 Å². The van der Waals surface area contributed by atoms with Gasteiger partial charge >= 0.3 is 0 Å². The predicted molar refractivity (Wildman–Crippen MR) is 133 cm³/mol. The van der Waals surface area contributed by atoms with Crippen LogP contribution in [-0.2, 0) is 0 Å². The first-order valence-electron chi connectivity index (χ1n) is 11.5. The van der Waals surface area contributed by atoms with E-state index in [4.69, 9.17) is 14.2 Å². The molecule has 8 nitrogen and oxygen atoms in total. The molecule has 2 heterocycles. The molecule has 0 saturated heterocycles. The number of aliphatic hydroxyl groups excluding tert-OH is 1. The van der Waals surface area contributed by atoms with E-state index in [1.807, 2.05) is 30.5 Å². The minimum atomic E-state index is -0.641. The number of H-pyrrole nitrogens is 1. The Morgan fingerprint density at radius 3 is 2.53 bits per heavy atom. The van der Waals surface area contributed by atoms with E-state index >= 15 is 0 Å². The predicted octanol–water partition coefficient (Wildman–Crippen LogP) is 4.77. The summed E-state index contributed by atoms with van der Waals surface area (Å²) in [7, 11) is 1.58. The Hall–Kier alpha value is -3.36. The lowest BCUT2D eigenvalue weighted by molar-refractivity contribution is 0.0439. The molecule has 0 radical (unpaired) electrons. The fraction of sp³-hybridized carbons (Fsp3) is 0.385. The molecule has 2 aromatic carbocycles. The normalized spacial score (nSPS) is 12.7. The summed E-state index contributed by atoms with van der Waals surface area (Å²) < 4.78 is 17.6. The Morgan fingerprint density at radius 1 is 1.00 bits per heavy atom. The van der Waals surface area contributed by atoms with Crippen LogP contribution >= 0.6 is 0 Å². The van der Waals surface area contributed by atoms with Crippen molar-refractivity contribution in [2.24, 2.45) is 0 Å². The number of rotatable bonds is 10. The van der Waals surface area contributed by atoms with E-state index in [0.29, 0.717) is 52.7 Å². The summed E-state index contributed by atoms with van der Waals surface area (Å²) in [5.41, 5.74) is 1.69. The number of aromatic amines is 1. The van der Waals surface area contributed by atoms with Gasteiger partial charge in [-0.2, -0.15) is 0 Å². The fourth-order valence-electron chi connectivity index (χ4n) is 4.10. The molecule has 8 heteroatoms. The summed E-state index contributed by atoms with van der Waals surface area (Å²) in [6.07, 6.45) is 2.71. The number of nitrogens with one attached hydrogen (secondary N) is 1. The van der Waals surface area contributed by atoms with Gasteiger partial charge in [0.25, 0.3) is 0 Å². The smallest absolute Gasteiger partial charge is 0.230 e. The molecule has 0 amide bonds. The third kappa shape index (κ3) is 5.24. The minimum Gasteiger partial charge on any atom is -0.493 e. The van der Waals surface area contributed by atoms with E-state index in [9.17, 15) is 5.11 Å². The van der Waals surface area contributed by atoms with Crippen LogP contribution in [0.25, 0.3) is 21.8 Å². The highest BCUT2D eigenvalue weighted by Crippen LogP contribution is 2.36. The highest BCUT2D eigenvalue weighted by molar-refractivity contribution is 5.87. The van der Waals surface area contributed by atoms with Gasteiger partial charge in [-0.15, -0.1) is 0 Å². The van der Waals surface area contributed by atoms with Crippen LogP contribution in [0.1, 0.15) is 27.7 Å². The first-order valence-corrected chi connectivity index (χ1v) is 11.5. The van der Waals surface area contributed by atoms with E-state index in [-0.39, 0.29) is 6.61 Å². The standard InChI is InChI=1S/C26H32N4O4/c1-16(2)30(17(3)4)13-19(31)14-33-25-12-23-21(11-24(25)32-5)26(29-15-28-23)34-20-6-7-22-18(10-20)8-9-27-22/h6-12,15-17,19,27,31H,13-14H2,1-5H3/t19-/m1/s1. The van der Waals surface area contributed by atoms with Gasteiger partial charge < -0.3 is 24.3 Å². The molecular weight excluding hydrogens is 432 g/mol. The van der Waals surface area contributed by atoms with Crippen molar-refractivity contribution >= 4 is 21.8 Å². The third-order valence-electron chi connectivity index (χ3n) is 5.80. The van der Waals surface area contributed by atoms with Crippen LogP contribution in [-0.4, -0.2) is 63.4 Å². The molecule has 2 N–H and O–H groups in total. The highest BCUT2D eigenvalue weighted by Gasteiger charge is 2.19. The summed E-state index contributed by atoms with van der Waals surface area (Å²) >= 11 is 0. The SMILES string of the molecule is COc1cc2c(Oc3ccc4[nH]ccc4c3)ncnc2cc1OC[C@H](O)CN(C(C)C)C(C)C. The number of ether oxygens (including phenoxy) is 3. The molecule has 0 aliphatic heterocycles. The van der Waals surface area contributed by atoms with Crippen LogP contribution in [0.2, 0.25) is 0 Å². The number of nitrogens with zero attached hydrogens (tertiary/aromatic N) is 3. The van der Waals surface area contributed by atoms with E-state index in [1.165, 1.54) is 6.33 Å². The number of aliphatic hydroxyl groups is 1. The number of methoxy groups -OCH3 is 1. The Kier molecular flexibility index (Phi) is 7.19. The van der Waals surface area contributed by atoms with Gasteiger partial charge in [-0.05, 0) is 58.0 Å². The van der Waals surface area contributed by atoms with Crippen molar-refractivity contribution in [3.05, 3.63) is 48.9 Å². The maximum absolute atomic E-state index is 10.6. The summed E-state index contributed by atoms with van der Waals surface area (Å²) in [5.74, 6) is 2.13. The molecule has 0 fully saturated rings. The Labute approximate surface area is 199 Å². The maximum atomic E-state index is 10.6. The van der Waals surface area contributed by atoms with Gasteiger partial charge in [0.1, 0.15) is 24.8 Å². The van der Waals surface area contributed by atoms with E-state index in [2.05, 4.69) is 47.5 Å². The van der Waals surface area contributed by atoms with Crippen LogP contribution in [0.3, 0.4) is 0 Å².